The Morgan fingerprint density at radius 2 is 1.48 bits per heavy atom. The molecule has 0 aliphatic heterocycles. The number of unbranched alkanes of at least 4 members (excludes halogenated alkanes) is 4. The molecule has 1 atom stereocenters. The number of aromatic nitrogens is 2. The predicted molar refractivity (Wildman–Crippen MR) is 111 cm³/mol. The molecule has 2 rings (SSSR count). The lowest BCUT2D eigenvalue weighted by Crippen LogP contribution is -2.03. The molecule has 4 heteroatoms. The van der Waals surface area contributed by atoms with Crippen LogP contribution in [0.3, 0.4) is 0 Å². The summed E-state index contributed by atoms with van der Waals surface area (Å²) in [6.45, 7) is 8.18. The lowest BCUT2D eigenvalue weighted by molar-refractivity contribution is 0.282. The molecule has 1 aromatic heterocycles. The number of ether oxygens (including phenoxy) is 2. The van der Waals surface area contributed by atoms with Crippen molar-refractivity contribution in [2.75, 3.05) is 13.2 Å². The summed E-state index contributed by atoms with van der Waals surface area (Å²) >= 11 is 0. The molecule has 148 valence electrons. The van der Waals surface area contributed by atoms with E-state index in [9.17, 15) is 0 Å². The van der Waals surface area contributed by atoms with Crippen molar-refractivity contribution < 1.29 is 9.47 Å². The Hall–Kier alpha value is -2.10. The fraction of sp³-hybridized carbons (Fsp3) is 0.565. The molecule has 0 aliphatic rings. The van der Waals surface area contributed by atoms with Crippen molar-refractivity contribution in [3.63, 3.8) is 0 Å². The third-order valence-corrected chi connectivity index (χ3v) is 4.83. The molecule has 1 heterocycles. The maximum absolute atomic E-state index is 5.81. The van der Waals surface area contributed by atoms with Crippen molar-refractivity contribution in [2.24, 2.45) is 5.92 Å². The first-order valence-corrected chi connectivity index (χ1v) is 10.4. The van der Waals surface area contributed by atoms with E-state index in [0.29, 0.717) is 11.7 Å². The highest BCUT2D eigenvalue weighted by molar-refractivity contribution is 5.56. The monoisotopic (exact) mass is 370 g/mol. The van der Waals surface area contributed by atoms with Gasteiger partial charge in [0.05, 0.1) is 25.6 Å². The fourth-order valence-corrected chi connectivity index (χ4v) is 2.72. The number of rotatable bonds is 13. The Balaban J connectivity index is 1.77. The van der Waals surface area contributed by atoms with Gasteiger partial charge < -0.3 is 9.47 Å². The molecule has 0 bridgehead atoms. The minimum atomic E-state index is 0.703. The van der Waals surface area contributed by atoms with Gasteiger partial charge in [0.1, 0.15) is 5.75 Å². The summed E-state index contributed by atoms with van der Waals surface area (Å²) in [5, 5.41) is 0. The van der Waals surface area contributed by atoms with E-state index in [1.807, 2.05) is 24.3 Å². The summed E-state index contributed by atoms with van der Waals surface area (Å²) in [5.41, 5.74) is 0.982. The molecule has 0 saturated heterocycles. The molecule has 0 radical (unpaired) electrons. The summed E-state index contributed by atoms with van der Waals surface area (Å²) in [4.78, 5) is 8.85. The van der Waals surface area contributed by atoms with E-state index in [2.05, 4.69) is 30.7 Å². The van der Waals surface area contributed by atoms with Crippen LogP contribution in [0.2, 0.25) is 0 Å². The number of hydrogen-bond donors (Lipinski definition) is 0. The van der Waals surface area contributed by atoms with Gasteiger partial charge in [0.2, 0.25) is 0 Å². The highest BCUT2D eigenvalue weighted by atomic mass is 16.5. The molecule has 0 aliphatic carbocycles. The van der Waals surface area contributed by atoms with E-state index in [1.165, 1.54) is 32.1 Å². The molecule has 0 fully saturated rings. The molecule has 0 spiro atoms. The van der Waals surface area contributed by atoms with Crippen LogP contribution < -0.4 is 9.47 Å². The Morgan fingerprint density at radius 1 is 0.815 bits per heavy atom. The summed E-state index contributed by atoms with van der Waals surface area (Å²) in [6, 6.07) is 7.97. The van der Waals surface area contributed by atoms with Crippen molar-refractivity contribution in [1.29, 1.82) is 0 Å². The predicted octanol–water partition coefficient (Wildman–Crippen LogP) is 6.31. The van der Waals surface area contributed by atoms with Crippen molar-refractivity contribution in [2.45, 2.75) is 65.7 Å². The SMILES string of the molecule is CCCCCCCOc1cnc(-c2ccc(OCCC(C)CC)cc2)nc1. The first-order chi connectivity index (χ1) is 13.2. The van der Waals surface area contributed by atoms with Crippen molar-refractivity contribution in [3.8, 4) is 22.9 Å². The molecule has 0 amide bonds. The van der Waals surface area contributed by atoms with E-state index in [4.69, 9.17) is 9.47 Å². The minimum absolute atomic E-state index is 0.703. The Labute approximate surface area is 164 Å². The van der Waals surface area contributed by atoms with Crippen LogP contribution in [0.1, 0.15) is 65.7 Å². The third-order valence-electron chi connectivity index (χ3n) is 4.83. The van der Waals surface area contributed by atoms with Crippen LogP contribution in [0, 0.1) is 5.92 Å². The van der Waals surface area contributed by atoms with Crippen LogP contribution >= 0.6 is 0 Å². The van der Waals surface area contributed by atoms with E-state index in [0.717, 1.165) is 43.1 Å². The van der Waals surface area contributed by atoms with Gasteiger partial charge in [-0.25, -0.2) is 9.97 Å². The van der Waals surface area contributed by atoms with Gasteiger partial charge in [-0.15, -0.1) is 0 Å². The van der Waals surface area contributed by atoms with Crippen LogP contribution in [0.4, 0.5) is 0 Å². The lowest BCUT2D eigenvalue weighted by Gasteiger charge is -2.10. The second kappa shape index (κ2) is 12.3. The average molecular weight is 371 g/mol. The minimum Gasteiger partial charge on any atom is -0.494 e. The first-order valence-electron chi connectivity index (χ1n) is 10.4. The number of nitrogens with zero attached hydrogens (tertiary/aromatic N) is 2. The molecule has 2 aromatic rings. The molecular formula is C23H34N2O2. The van der Waals surface area contributed by atoms with Gasteiger partial charge in [0, 0.05) is 5.56 Å². The number of hydrogen-bond acceptors (Lipinski definition) is 4. The topological polar surface area (TPSA) is 44.2 Å². The maximum Gasteiger partial charge on any atom is 0.159 e. The van der Waals surface area contributed by atoms with E-state index in [1.54, 1.807) is 12.4 Å². The van der Waals surface area contributed by atoms with Gasteiger partial charge in [-0.3, -0.25) is 0 Å². The van der Waals surface area contributed by atoms with Crippen LogP contribution in [0.5, 0.6) is 11.5 Å². The zero-order valence-electron chi connectivity index (χ0n) is 17.1. The third kappa shape index (κ3) is 7.98. The largest absolute Gasteiger partial charge is 0.494 e. The Bertz CT molecular complexity index is 626. The number of benzene rings is 1. The summed E-state index contributed by atoms with van der Waals surface area (Å²) in [6.07, 6.45) is 11.9. The molecule has 4 nitrogen and oxygen atoms in total. The van der Waals surface area contributed by atoms with Gasteiger partial charge in [0.25, 0.3) is 0 Å². The lowest BCUT2D eigenvalue weighted by atomic mass is 10.1. The summed E-state index contributed by atoms with van der Waals surface area (Å²) in [5.74, 6) is 3.04. The standard InChI is InChI=1S/C23H34N2O2/c1-4-6-7-8-9-15-26-22-17-24-23(25-18-22)20-10-12-21(13-11-20)27-16-14-19(3)5-2/h10-13,17-19H,4-9,14-16H2,1-3H3. The quantitative estimate of drug-likeness (QED) is 0.388. The van der Waals surface area contributed by atoms with Gasteiger partial charge in [0.15, 0.2) is 11.6 Å². The van der Waals surface area contributed by atoms with Crippen LogP contribution in [0.25, 0.3) is 11.4 Å². The van der Waals surface area contributed by atoms with Crippen LogP contribution in [0.15, 0.2) is 36.7 Å². The molecule has 27 heavy (non-hydrogen) atoms. The van der Waals surface area contributed by atoms with Crippen LogP contribution in [-0.2, 0) is 0 Å². The average Bonchev–Trinajstić information content (AvgIpc) is 2.71. The molecule has 1 unspecified atom stereocenters. The molecule has 0 N–H and O–H groups in total. The van der Waals surface area contributed by atoms with Crippen molar-refractivity contribution in [3.05, 3.63) is 36.7 Å². The van der Waals surface area contributed by atoms with Crippen LogP contribution in [-0.4, -0.2) is 23.2 Å². The van der Waals surface area contributed by atoms with Gasteiger partial charge >= 0.3 is 0 Å². The summed E-state index contributed by atoms with van der Waals surface area (Å²) in [7, 11) is 0. The maximum atomic E-state index is 5.81. The van der Waals surface area contributed by atoms with Gasteiger partial charge in [-0.05, 0) is 43.0 Å². The van der Waals surface area contributed by atoms with Gasteiger partial charge in [-0.1, -0.05) is 52.9 Å². The fourth-order valence-electron chi connectivity index (χ4n) is 2.72. The second-order valence-electron chi connectivity index (χ2n) is 7.18. The van der Waals surface area contributed by atoms with E-state index >= 15 is 0 Å². The Kier molecular flexibility index (Phi) is 9.67. The van der Waals surface area contributed by atoms with Crippen molar-refractivity contribution >= 4 is 0 Å². The second-order valence-corrected chi connectivity index (χ2v) is 7.18. The van der Waals surface area contributed by atoms with E-state index < -0.39 is 0 Å². The highest BCUT2D eigenvalue weighted by Crippen LogP contribution is 2.21. The highest BCUT2D eigenvalue weighted by Gasteiger charge is 2.04. The smallest absolute Gasteiger partial charge is 0.159 e. The zero-order chi connectivity index (χ0) is 19.3. The first kappa shape index (κ1) is 21.2. The molecular weight excluding hydrogens is 336 g/mol. The zero-order valence-corrected chi connectivity index (χ0v) is 17.1. The van der Waals surface area contributed by atoms with E-state index in [-0.39, 0.29) is 0 Å². The Morgan fingerprint density at radius 3 is 2.15 bits per heavy atom. The van der Waals surface area contributed by atoms with Gasteiger partial charge in [-0.2, -0.15) is 0 Å². The normalized spacial score (nSPS) is 12.0. The molecule has 1 aromatic carbocycles. The summed E-state index contributed by atoms with van der Waals surface area (Å²) < 4.78 is 11.5. The molecule has 0 saturated carbocycles. The van der Waals surface area contributed by atoms with Crippen molar-refractivity contribution in [1.82, 2.24) is 9.97 Å².